The van der Waals surface area contributed by atoms with Crippen molar-refractivity contribution in [2.24, 2.45) is 5.73 Å². The molecule has 0 aromatic carbocycles. The average molecular weight is 230 g/mol. The van der Waals surface area contributed by atoms with Gasteiger partial charge in [-0.2, -0.15) is 0 Å². The van der Waals surface area contributed by atoms with E-state index in [0.29, 0.717) is 18.0 Å². The van der Waals surface area contributed by atoms with E-state index in [9.17, 15) is 4.79 Å². The van der Waals surface area contributed by atoms with Crippen molar-refractivity contribution in [1.82, 2.24) is 5.32 Å². The highest BCUT2D eigenvalue weighted by Crippen LogP contribution is 2.18. The summed E-state index contributed by atoms with van der Waals surface area (Å²) in [5, 5.41) is 2.82. The maximum absolute atomic E-state index is 11.5. The maximum atomic E-state index is 11.5. The van der Waals surface area contributed by atoms with Gasteiger partial charge in [-0.25, -0.2) is 0 Å². The van der Waals surface area contributed by atoms with Gasteiger partial charge >= 0.3 is 0 Å². The van der Waals surface area contributed by atoms with E-state index in [2.05, 4.69) is 5.32 Å². The topological polar surface area (TPSA) is 64.4 Å². The molecule has 5 heteroatoms. The van der Waals surface area contributed by atoms with Gasteiger partial charge in [-0.1, -0.05) is 12.2 Å². The van der Waals surface area contributed by atoms with Crippen molar-refractivity contribution in [3.8, 4) is 0 Å². The standard InChI is InChI=1S/C10H18N2O2S/c1-7-4-5-8(14-7)10(13)12-6-2-3-9(11)15/h7-8H,2-6H2,1H3,(H2,11,15)(H,12,13). The lowest BCUT2D eigenvalue weighted by Gasteiger charge is -2.11. The Balaban J connectivity index is 2.11. The number of carbonyl (C=O) groups excluding carboxylic acids is 1. The minimum Gasteiger partial charge on any atom is -0.393 e. The molecule has 86 valence electrons. The molecule has 2 unspecified atom stereocenters. The Morgan fingerprint density at radius 2 is 2.33 bits per heavy atom. The van der Waals surface area contributed by atoms with Crippen molar-refractivity contribution in [1.29, 1.82) is 0 Å². The molecule has 1 saturated heterocycles. The Labute approximate surface area is 95.5 Å². The highest BCUT2D eigenvalue weighted by Gasteiger charge is 2.27. The first-order valence-electron chi connectivity index (χ1n) is 5.31. The van der Waals surface area contributed by atoms with Crippen LogP contribution in [0.25, 0.3) is 0 Å². The molecule has 0 saturated carbocycles. The summed E-state index contributed by atoms with van der Waals surface area (Å²) in [5.41, 5.74) is 5.34. The Morgan fingerprint density at radius 1 is 1.60 bits per heavy atom. The van der Waals surface area contributed by atoms with E-state index in [1.807, 2.05) is 6.92 Å². The summed E-state index contributed by atoms with van der Waals surface area (Å²) in [5.74, 6) is -0.0118. The molecule has 4 nitrogen and oxygen atoms in total. The quantitative estimate of drug-likeness (QED) is 0.540. The van der Waals surface area contributed by atoms with Crippen LogP contribution in [0.15, 0.2) is 0 Å². The molecule has 0 aromatic heterocycles. The number of nitrogens with two attached hydrogens (primary N) is 1. The first-order valence-corrected chi connectivity index (χ1v) is 5.72. The second-order valence-electron chi connectivity index (χ2n) is 3.87. The fraction of sp³-hybridized carbons (Fsp3) is 0.800. The number of thiocarbonyl (C=S) groups is 1. The van der Waals surface area contributed by atoms with Crippen molar-refractivity contribution in [3.05, 3.63) is 0 Å². The van der Waals surface area contributed by atoms with E-state index in [1.54, 1.807) is 0 Å². The second-order valence-corrected chi connectivity index (χ2v) is 4.40. The summed E-state index contributed by atoms with van der Waals surface area (Å²) in [6, 6.07) is 0. The summed E-state index contributed by atoms with van der Waals surface area (Å²) < 4.78 is 5.44. The van der Waals surface area contributed by atoms with Crippen LogP contribution >= 0.6 is 12.2 Å². The lowest BCUT2D eigenvalue weighted by Crippen LogP contribution is -2.35. The second kappa shape index (κ2) is 6.02. The van der Waals surface area contributed by atoms with Gasteiger partial charge in [0.1, 0.15) is 6.10 Å². The van der Waals surface area contributed by atoms with Crippen LogP contribution in [0.5, 0.6) is 0 Å². The predicted octanol–water partition coefficient (Wildman–Crippen LogP) is 0.736. The molecule has 0 radical (unpaired) electrons. The molecule has 0 aliphatic carbocycles. The third kappa shape index (κ3) is 4.57. The molecular formula is C10H18N2O2S. The van der Waals surface area contributed by atoms with Gasteiger partial charge < -0.3 is 15.8 Å². The zero-order valence-electron chi connectivity index (χ0n) is 8.99. The van der Waals surface area contributed by atoms with Crippen molar-refractivity contribution < 1.29 is 9.53 Å². The highest BCUT2D eigenvalue weighted by molar-refractivity contribution is 7.80. The van der Waals surface area contributed by atoms with Crippen LogP contribution in [0.3, 0.4) is 0 Å². The molecule has 0 aromatic rings. The fourth-order valence-electron chi connectivity index (χ4n) is 1.58. The Morgan fingerprint density at radius 3 is 2.87 bits per heavy atom. The third-order valence-corrected chi connectivity index (χ3v) is 2.63. The van der Waals surface area contributed by atoms with Crippen LogP contribution in [0.4, 0.5) is 0 Å². The molecule has 1 rings (SSSR count). The third-order valence-electron chi connectivity index (χ3n) is 2.42. The highest BCUT2D eigenvalue weighted by atomic mass is 32.1. The first-order chi connectivity index (χ1) is 7.09. The van der Waals surface area contributed by atoms with Gasteiger partial charge in [0.2, 0.25) is 5.91 Å². The van der Waals surface area contributed by atoms with Gasteiger partial charge in [0, 0.05) is 6.54 Å². The molecule has 0 spiro atoms. The molecule has 1 amide bonds. The normalized spacial score (nSPS) is 25.1. The van der Waals surface area contributed by atoms with Crippen LogP contribution < -0.4 is 11.1 Å². The number of hydrogen-bond donors (Lipinski definition) is 2. The summed E-state index contributed by atoms with van der Waals surface area (Å²) >= 11 is 4.74. The van der Waals surface area contributed by atoms with Gasteiger partial charge in [0.15, 0.2) is 0 Å². The minimum atomic E-state index is -0.259. The van der Waals surface area contributed by atoms with Gasteiger partial charge in [-0.05, 0) is 32.6 Å². The summed E-state index contributed by atoms with van der Waals surface area (Å²) in [4.78, 5) is 12.0. The molecule has 3 N–H and O–H groups in total. The molecule has 1 aliphatic rings. The summed E-state index contributed by atoms with van der Waals surface area (Å²) in [7, 11) is 0. The van der Waals surface area contributed by atoms with Crippen molar-refractivity contribution in [3.63, 3.8) is 0 Å². The van der Waals surface area contributed by atoms with Crippen molar-refractivity contribution >= 4 is 23.1 Å². The smallest absolute Gasteiger partial charge is 0.249 e. The lowest BCUT2D eigenvalue weighted by molar-refractivity contribution is -0.131. The molecule has 1 heterocycles. The van der Waals surface area contributed by atoms with Gasteiger partial charge in [0.05, 0.1) is 11.1 Å². The monoisotopic (exact) mass is 230 g/mol. The summed E-state index contributed by atoms with van der Waals surface area (Å²) in [6.07, 6.45) is 3.20. The fourth-order valence-corrected chi connectivity index (χ4v) is 1.73. The zero-order valence-corrected chi connectivity index (χ0v) is 9.81. The van der Waals surface area contributed by atoms with Crippen molar-refractivity contribution in [2.75, 3.05) is 6.54 Å². The van der Waals surface area contributed by atoms with Crippen LogP contribution in [-0.4, -0.2) is 29.6 Å². The Hall–Kier alpha value is -0.680. The van der Waals surface area contributed by atoms with Crippen LogP contribution in [0.1, 0.15) is 32.6 Å². The molecule has 1 aliphatic heterocycles. The largest absolute Gasteiger partial charge is 0.393 e. The van der Waals surface area contributed by atoms with Gasteiger partial charge in [0.25, 0.3) is 0 Å². The van der Waals surface area contributed by atoms with Crippen molar-refractivity contribution in [2.45, 2.75) is 44.8 Å². The van der Waals surface area contributed by atoms with Gasteiger partial charge in [-0.3, -0.25) is 4.79 Å². The molecular weight excluding hydrogens is 212 g/mol. The average Bonchev–Trinajstić information content (AvgIpc) is 2.59. The predicted molar refractivity (Wildman–Crippen MR) is 62.6 cm³/mol. The number of carbonyl (C=O) groups is 1. The molecule has 15 heavy (non-hydrogen) atoms. The number of ether oxygens (including phenoxy) is 1. The zero-order chi connectivity index (χ0) is 11.3. The SMILES string of the molecule is CC1CCC(C(=O)NCCCC(N)=S)O1. The van der Waals surface area contributed by atoms with E-state index >= 15 is 0 Å². The van der Waals surface area contributed by atoms with Gasteiger partial charge in [-0.15, -0.1) is 0 Å². The van der Waals surface area contributed by atoms with E-state index in [1.165, 1.54) is 0 Å². The Kier molecular flexibility index (Phi) is 4.98. The van der Waals surface area contributed by atoms with E-state index in [4.69, 9.17) is 22.7 Å². The number of rotatable bonds is 5. The van der Waals surface area contributed by atoms with E-state index in [0.717, 1.165) is 19.3 Å². The number of amides is 1. The van der Waals surface area contributed by atoms with Crippen LogP contribution in [0, 0.1) is 0 Å². The van der Waals surface area contributed by atoms with E-state index < -0.39 is 0 Å². The lowest BCUT2D eigenvalue weighted by atomic mass is 10.2. The first kappa shape index (κ1) is 12.4. The molecule has 0 bridgehead atoms. The van der Waals surface area contributed by atoms with Crippen LogP contribution in [-0.2, 0) is 9.53 Å². The van der Waals surface area contributed by atoms with Crippen LogP contribution in [0.2, 0.25) is 0 Å². The number of nitrogens with one attached hydrogen (secondary N) is 1. The maximum Gasteiger partial charge on any atom is 0.249 e. The Bertz CT molecular complexity index is 246. The number of hydrogen-bond acceptors (Lipinski definition) is 3. The molecule has 2 atom stereocenters. The molecule has 1 fully saturated rings. The summed E-state index contributed by atoms with van der Waals surface area (Å²) in [6.45, 7) is 2.60. The minimum absolute atomic E-state index is 0.0118. The van der Waals surface area contributed by atoms with E-state index in [-0.39, 0.29) is 18.1 Å².